The van der Waals surface area contributed by atoms with E-state index in [-0.39, 0.29) is 26.7 Å². The zero-order valence-electron chi connectivity index (χ0n) is 17.0. The second-order valence-electron chi connectivity index (χ2n) is 7.15. The maximum atomic E-state index is 13.3. The van der Waals surface area contributed by atoms with Crippen molar-refractivity contribution in [2.24, 2.45) is 0 Å². The van der Waals surface area contributed by atoms with Crippen LogP contribution in [0.1, 0.15) is 24.1 Å². The molecular formula is C23H22Cl2N2O3S. The Morgan fingerprint density at radius 3 is 2.13 bits per heavy atom. The number of nitrogens with one attached hydrogen (secondary N) is 1. The fourth-order valence-electron chi connectivity index (χ4n) is 3.07. The van der Waals surface area contributed by atoms with Crippen LogP contribution in [0.4, 0.5) is 5.69 Å². The summed E-state index contributed by atoms with van der Waals surface area (Å²) in [4.78, 5) is 12.9. The summed E-state index contributed by atoms with van der Waals surface area (Å²) in [6.07, 6.45) is 0. The predicted molar refractivity (Wildman–Crippen MR) is 125 cm³/mol. The lowest BCUT2D eigenvalue weighted by Crippen LogP contribution is -2.41. The van der Waals surface area contributed by atoms with Gasteiger partial charge in [-0.2, -0.15) is 0 Å². The molecule has 0 aliphatic carbocycles. The molecule has 0 bridgehead atoms. The predicted octanol–water partition coefficient (Wildman–Crippen LogP) is 5.37. The van der Waals surface area contributed by atoms with Gasteiger partial charge in [0.05, 0.1) is 16.6 Å². The highest BCUT2D eigenvalue weighted by molar-refractivity contribution is 7.92. The molecule has 0 saturated heterocycles. The first kappa shape index (κ1) is 23.1. The van der Waals surface area contributed by atoms with Gasteiger partial charge < -0.3 is 5.32 Å². The number of hydrogen-bond donors (Lipinski definition) is 1. The zero-order valence-corrected chi connectivity index (χ0v) is 19.4. The average molecular weight is 477 g/mol. The lowest BCUT2D eigenvalue weighted by atomic mass is 10.1. The van der Waals surface area contributed by atoms with Gasteiger partial charge in [-0.15, -0.1) is 0 Å². The molecule has 1 N–H and O–H groups in total. The first-order chi connectivity index (χ1) is 14.7. The summed E-state index contributed by atoms with van der Waals surface area (Å²) in [6.45, 7) is 3.40. The molecule has 3 rings (SSSR count). The van der Waals surface area contributed by atoms with Crippen LogP contribution in [0, 0.1) is 6.92 Å². The Labute approximate surface area is 192 Å². The minimum absolute atomic E-state index is 0.0606. The Morgan fingerprint density at radius 1 is 0.968 bits per heavy atom. The van der Waals surface area contributed by atoms with Gasteiger partial charge in [-0.1, -0.05) is 71.2 Å². The number of benzene rings is 3. The highest BCUT2D eigenvalue weighted by Crippen LogP contribution is 2.29. The molecule has 1 amide bonds. The molecular weight excluding hydrogens is 455 g/mol. The number of anilines is 1. The molecule has 3 aromatic carbocycles. The van der Waals surface area contributed by atoms with Crippen LogP contribution in [0.25, 0.3) is 0 Å². The molecule has 0 aliphatic heterocycles. The molecule has 3 aromatic rings. The average Bonchev–Trinajstić information content (AvgIpc) is 2.72. The highest BCUT2D eigenvalue weighted by Gasteiger charge is 2.28. The zero-order chi connectivity index (χ0) is 22.6. The van der Waals surface area contributed by atoms with E-state index in [2.05, 4.69) is 5.32 Å². The van der Waals surface area contributed by atoms with Gasteiger partial charge in [0.1, 0.15) is 6.54 Å². The van der Waals surface area contributed by atoms with Gasteiger partial charge in [-0.05, 0) is 49.7 Å². The summed E-state index contributed by atoms with van der Waals surface area (Å²) in [6, 6.07) is 19.8. The molecule has 5 nitrogen and oxygen atoms in total. The maximum Gasteiger partial charge on any atom is 0.264 e. The highest BCUT2D eigenvalue weighted by atomic mass is 35.5. The molecule has 0 aliphatic rings. The van der Waals surface area contributed by atoms with Gasteiger partial charge in [-0.25, -0.2) is 8.42 Å². The SMILES string of the molecule is Cc1ccc(C(C)NC(=O)CN(c2cc(Cl)cc(Cl)c2)S(=O)(=O)c2ccccc2)cc1. The molecule has 162 valence electrons. The van der Waals surface area contributed by atoms with Crippen molar-refractivity contribution in [2.45, 2.75) is 24.8 Å². The normalized spacial score (nSPS) is 12.3. The van der Waals surface area contributed by atoms with E-state index in [9.17, 15) is 13.2 Å². The second-order valence-corrected chi connectivity index (χ2v) is 9.89. The van der Waals surface area contributed by atoms with Gasteiger partial charge in [-0.3, -0.25) is 9.10 Å². The molecule has 0 aromatic heterocycles. The number of aryl methyl sites for hydroxylation is 1. The number of rotatable bonds is 7. The molecule has 1 unspecified atom stereocenters. The van der Waals surface area contributed by atoms with Crippen LogP contribution in [0.15, 0.2) is 77.7 Å². The number of amides is 1. The summed E-state index contributed by atoms with van der Waals surface area (Å²) in [5.41, 5.74) is 2.24. The topological polar surface area (TPSA) is 66.5 Å². The Bertz CT molecular complexity index is 1150. The molecule has 8 heteroatoms. The van der Waals surface area contributed by atoms with E-state index in [1.54, 1.807) is 18.2 Å². The Hall–Kier alpha value is -2.54. The van der Waals surface area contributed by atoms with Crippen molar-refractivity contribution in [1.82, 2.24) is 5.32 Å². The molecule has 0 radical (unpaired) electrons. The van der Waals surface area contributed by atoms with Crippen molar-refractivity contribution in [3.05, 3.63) is 94.0 Å². The summed E-state index contributed by atoms with van der Waals surface area (Å²) in [7, 11) is -4.03. The van der Waals surface area contributed by atoms with Crippen molar-refractivity contribution < 1.29 is 13.2 Å². The summed E-state index contributed by atoms with van der Waals surface area (Å²) < 4.78 is 27.7. The van der Waals surface area contributed by atoms with Crippen molar-refractivity contribution >= 4 is 44.8 Å². The molecule has 0 saturated carbocycles. The van der Waals surface area contributed by atoms with Crippen molar-refractivity contribution in [3.8, 4) is 0 Å². The van der Waals surface area contributed by atoms with Crippen molar-refractivity contribution in [1.29, 1.82) is 0 Å². The van der Waals surface area contributed by atoms with Gasteiger partial charge in [0, 0.05) is 10.0 Å². The van der Waals surface area contributed by atoms with Gasteiger partial charge >= 0.3 is 0 Å². The molecule has 0 spiro atoms. The van der Waals surface area contributed by atoms with Crippen molar-refractivity contribution in [3.63, 3.8) is 0 Å². The van der Waals surface area contributed by atoms with E-state index in [4.69, 9.17) is 23.2 Å². The van der Waals surface area contributed by atoms with Gasteiger partial charge in [0.15, 0.2) is 0 Å². The number of nitrogens with zero attached hydrogens (tertiary/aromatic N) is 1. The number of hydrogen-bond acceptors (Lipinski definition) is 3. The number of carbonyl (C=O) groups excluding carboxylic acids is 1. The van der Waals surface area contributed by atoms with E-state index < -0.39 is 22.5 Å². The number of sulfonamides is 1. The molecule has 0 fully saturated rings. The summed E-state index contributed by atoms with van der Waals surface area (Å²) in [5.74, 6) is -0.455. The van der Waals surface area contributed by atoms with Crippen LogP contribution >= 0.6 is 23.2 Å². The van der Waals surface area contributed by atoms with Crippen LogP contribution < -0.4 is 9.62 Å². The van der Waals surface area contributed by atoms with Crippen LogP contribution in [0.3, 0.4) is 0 Å². The van der Waals surface area contributed by atoms with E-state index in [0.717, 1.165) is 15.4 Å². The molecule has 0 heterocycles. The minimum Gasteiger partial charge on any atom is -0.348 e. The van der Waals surface area contributed by atoms with Gasteiger partial charge in [0.25, 0.3) is 10.0 Å². The lowest BCUT2D eigenvalue weighted by Gasteiger charge is -2.25. The summed E-state index contributed by atoms with van der Waals surface area (Å²) >= 11 is 12.2. The monoisotopic (exact) mass is 476 g/mol. The first-order valence-electron chi connectivity index (χ1n) is 9.56. The minimum atomic E-state index is -4.03. The smallest absolute Gasteiger partial charge is 0.264 e. The fraction of sp³-hybridized carbons (Fsp3) is 0.174. The largest absolute Gasteiger partial charge is 0.348 e. The third-order valence-electron chi connectivity index (χ3n) is 4.71. The molecule has 1 atom stereocenters. The van der Waals surface area contributed by atoms with E-state index in [0.29, 0.717) is 0 Å². The Kier molecular flexibility index (Phi) is 7.26. The lowest BCUT2D eigenvalue weighted by molar-refractivity contribution is -0.120. The third-order valence-corrected chi connectivity index (χ3v) is 6.93. The standard InChI is InChI=1S/C23H22Cl2N2O3S/c1-16-8-10-18(11-9-16)17(2)26-23(28)15-27(21-13-19(24)12-20(25)14-21)31(29,30)22-6-4-3-5-7-22/h3-14,17H,15H2,1-2H3,(H,26,28). The van der Waals surface area contributed by atoms with E-state index in [1.165, 1.54) is 30.3 Å². The number of halogens is 2. The first-order valence-corrected chi connectivity index (χ1v) is 11.8. The quantitative estimate of drug-likeness (QED) is 0.497. The van der Waals surface area contributed by atoms with Gasteiger partial charge in [0.2, 0.25) is 5.91 Å². The third kappa shape index (κ3) is 5.79. The van der Waals surface area contributed by atoms with E-state index >= 15 is 0 Å². The van der Waals surface area contributed by atoms with Crippen LogP contribution in [0.2, 0.25) is 10.0 Å². The summed E-state index contributed by atoms with van der Waals surface area (Å²) in [5, 5.41) is 3.39. The number of carbonyl (C=O) groups is 1. The van der Waals surface area contributed by atoms with E-state index in [1.807, 2.05) is 38.1 Å². The fourth-order valence-corrected chi connectivity index (χ4v) is 5.01. The molecule has 31 heavy (non-hydrogen) atoms. The maximum absolute atomic E-state index is 13.3. The van der Waals surface area contributed by atoms with Crippen LogP contribution in [-0.4, -0.2) is 20.9 Å². The Morgan fingerprint density at radius 2 is 1.55 bits per heavy atom. The second kappa shape index (κ2) is 9.73. The Balaban J connectivity index is 1.91. The van der Waals surface area contributed by atoms with Crippen molar-refractivity contribution in [2.75, 3.05) is 10.8 Å². The van der Waals surface area contributed by atoms with Crippen LogP contribution in [0.5, 0.6) is 0 Å². The van der Waals surface area contributed by atoms with Crippen LogP contribution in [-0.2, 0) is 14.8 Å².